The molecule has 4 rings (SSSR count). The number of fused-ring (bicyclic) bond motifs is 1. The van der Waals surface area contributed by atoms with E-state index in [9.17, 15) is 9.59 Å². The molecule has 0 aromatic carbocycles. The lowest BCUT2D eigenvalue weighted by atomic mass is 9.84. The van der Waals surface area contributed by atoms with Crippen molar-refractivity contribution in [3.8, 4) is 0 Å². The maximum absolute atomic E-state index is 12.4. The Hall–Kier alpha value is -2.64. The molecule has 2 aromatic rings. The number of carbonyl (C=O) groups excluding carboxylic acids is 2. The normalized spacial score (nSPS) is 16.9. The molecule has 0 atom stereocenters. The number of nitrogens with one attached hydrogen (secondary N) is 1. The van der Waals surface area contributed by atoms with Crippen molar-refractivity contribution >= 4 is 11.8 Å². The summed E-state index contributed by atoms with van der Waals surface area (Å²) in [4.78, 5) is 26.6. The second-order valence-corrected chi connectivity index (χ2v) is 7.69. The van der Waals surface area contributed by atoms with E-state index in [0.717, 1.165) is 30.7 Å². The minimum absolute atomic E-state index is 0.185. The van der Waals surface area contributed by atoms with Crippen LogP contribution in [0, 0.1) is 5.92 Å². The molecule has 1 saturated carbocycles. The summed E-state index contributed by atoms with van der Waals surface area (Å²) in [5.41, 5.74) is 2.07. The van der Waals surface area contributed by atoms with Crippen molar-refractivity contribution in [1.82, 2.24) is 25.2 Å². The van der Waals surface area contributed by atoms with E-state index < -0.39 is 0 Å². The van der Waals surface area contributed by atoms with Crippen molar-refractivity contribution in [2.75, 3.05) is 6.54 Å². The molecule has 1 N–H and O–H groups in total. The van der Waals surface area contributed by atoms with Crippen molar-refractivity contribution in [3.05, 3.63) is 35.0 Å². The van der Waals surface area contributed by atoms with Crippen LogP contribution in [0.2, 0.25) is 0 Å². The van der Waals surface area contributed by atoms with Gasteiger partial charge in [-0.2, -0.15) is 5.10 Å². The highest BCUT2D eigenvalue weighted by Gasteiger charge is 2.31. The van der Waals surface area contributed by atoms with E-state index in [1.165, 1.54) is 0 Å². The summed E-state index contributed by atoms with van der Waals surface area (Å²) >= 11 is 0. The number of rotatable bonds is 5. The average Bonchev–Trinajstić information content (AvgIpc) is 3.24. The third-order valence-corrected chi connectivity index (χ3v) is 5.37. The van der Waals surface area contributed by atoms with Crippen LogP contribution in [-0.2, 0) is 24.4 Å². The van der Waals surface area contributed by atoms with Gasteiger partial charge in [-0.25, -0.2) is 0 Å². The molecule has 0 bridgehead atoms. The number of aromatic nitrogens is 3. The predicted octanol–water partition coefficient (Wildman–Crippen LogP) is 2.07. The van der Waals surface area contributed by atoms with Crippen LogP contribution in [0.15, 0.2) is 16.7 Å². The molecule has 2 amide bonds. The van der Waals surface area contributed by atoms with Crippen molar-refractivity contribution < 1.29 is 14.1 Å². The van der Waals surface area contributed by atoms with Gasteiger partial charge in [-0.05, 0) is 18.9 Å². The molecule has 1 fully saturated rings. The van der Waals surface area contributed by atoms with Gasteiger partial charge >= 0.3 is 0 Å². The second-order valence-electron chi connectivity index (χ2n) is 7.69. The van der Waals surface area contributed by atoms with Gasteiger partial charge in [-0.1, -0.05) is 25.4 Å². The highest BCUT2D eigenvalue weighted by molar-refractivity contribution is 5.92. The molecule has 0 radical (unpaired) electrons. The predicted molar refractivity (Wildman–Crippen MR) is 96.7 cm³/mol. The molecule has 8 nitrogen and oxygen atoms in total. The van der Waals surface area contributed by atoms with Crippen LogP contribution in [0.5, 0.6) is 0 Å². The minimum atomic E-state index is -0.279. The number of carbonyl (C=O) groups is 2. The topological polar surface area (TPSA) is 93.3 Å². The van der Waals surface area contributed by atoms with Crippen LogP contribution >= 0.6 is 0 Å². The van der Waals surface area contributed by atoms with Crippen LogP contribution in [0.25, 0.3) is 0 Å². The number of nitrogens with zero attached hydrogens (tertiary/aromatic N) is 4. The van der Waals surface area contributed by atoms with Crippen LogP contribution in [0.4, 0.5) is 0 Å². The average molecular weight is 371 g/mol. The standard InChI is InChI=1S/C19H25N5O3/c1-12(2)17-9-16(22-27-17)18(25)20-10-14-8-15-11-23(6-7-24(15)21-14)19(26)13-4-3-5-13/h8-9,12-13H,3-7,10-11H2,1-2H3,(H,20,25). The maximum Gasteiger partial charge on any atom is 0.273 e. The molecule has 27 heavy (non-hydrogen) atoms. The van der Waals surface area contributed by atoms with Gasteiger partial charge in [-0.3, -0.25) is 14.3 Å². The molecule has 0 spiro atoms. The molecule has 144 valence electrons. The first-order chi connectivity index (χ1) is 13.0. The highest BCUT2D eigenvalue weighted by Crippen LogP contribution is 2.29. The first-order valence-electron chi connectivity index (χ1n) is 9.60. The summed E-state index contributed by atoms with van der Waals surface area (Å²) in [6.07, 6.45) is 3.20. The summed E-state index contributed by atoms with van der Waals surface area (Å²) in [5, 5.41) is 11.2. The van der Waals surface area contributed by atoms with Crippen molar-refractivity contribution in [3.63, 3.8) is 0 Å². The first-order valence-corrected chi connectivity index (χ1v) is 9.60. The van der Waals surface area contributed by atoms with E-state index in [-0.39, 0.29) is 29.3 Å². The van der Waals surface area contributed by atoms with Crippen molar-refractivity contribution in [2.45, 2.75) is 58.7 Å². The highest BCUT2D eigenvalue weighted by atomic mass is 16.5. The lowest BCUT2D eigenvalue weighted by Gasteiger charge is -2.34. The maximum atomic E-state index is 12.4. The molecule has 2 aromatic heterocycles. The van der Waals surface area contributed by atoms with Gasteiger partial charge < -0.3 is 14.7 Å². The van der Waals surface area contributed by atoms with Crippen molar-refractivity contribution in [2.24, 2.45) is 5.92 Å². The fourth-order valence-electron chi connectivity index (χ4n) is 3.44. The van der Waals surface area contributed by atoms with Gasteiger partial charge in [0.15, 0.2) is 5.69 Å². The van der Waals surface area contributed by atoms with Gasteiger partial charge in [0.2, 0.25) is 5.91 Å². The third kappa shape index (κ3) is 3.61. The zero-order chi connectivity index (χ0) is 19.0. The Morgan fingerprint density at radius 3 is 2.78 bits per heavy atom. The smallest absolute Gasteiger partial charge is 0.273 e. The Balaban J connectivity index is 1.35. The molecule has 0 unspecified atom stereocenters. The van der Waals surface area contributed by atoms with E-state index in [2.05, 4.69) is 15.6 Å². The summed E-state index contributed by atoms with van der Waals surface area (Å²) in [6.45, 7) is 6.28. The van der Waals surface area contributed by atoms with Crippen LogP contribution < -0.4 is 5.32 Å². The fourth-order valence-corrected chi connectivity index (χ4v) is 3.44. The summed E-state index contributed by atoms with van der Waals surface area (Å²) < 4.78 is 7.09. The Morgan fingerprint density at radius 2 is 2.11 bits per heavy atom. The molecule has 3 heterocycles. The lowest BCUT2D eigenvalue weighted by molar-refractivity contribution is -0.139. The third-order valence-electron chi connectivity index (χ3n) is 5.37. The summed E-state index contributed by atoms with van der Waals surface area (Å²) in [5.74, 6) is 1.09. The van der Waals surface area contributed by atoms with Crippen LogP contribution in [-0.4, -0.2) is 38.2 Å². The Bertz CT molecular complexity index is 849. The fraction of sp³-hybridized carbons (Fsp3) is 0.579. The van der Waals surface area contributed by atoms with E-state index in [1.807, 2.05) is 29.5 Å². The molecular weight excluding hydrogens is 346 g/mol. The van der Waals surface area contributed by atoms with E-state index >= 15 is 0 Å². The number of hydrogen-bond donors (Lipinski definition) is 1. The Morgan fingerprint density at radius 1 is 1.30 bits per heavy atom. The van der Waals surface area contributed by atoms with E-state index in [0.29, 0.717) is 31.9 Å². The largest absolute Gasteiger partial charge is 0.360 e. The van der Waals surface area contributed by atoms with E-state index in [1.54, 1.807) is 6.07 Å². The van der Waals surface area contributed by atoms with Crippen LogP contribution in [0.3, 0.4) is 0 Å². The summed E-state index contributed by atoms with van der Waals surface area (Å²) in [7, 11) is 0. The Labute approximate surface area is 157 Å². The van der Waals surface area contributed by atoms with Crippen LogP contribution in [0.1, 0.15) is 66.7 Å². The van der Waals surface area contributed by atoms with Gasteiger partial charge in [0, 0.05) is 24.4 Å². The second kappa shape index (κ2) is 7.17. The van der Waals surface area contributed by atoms with Crippen molar-refractivity contribution in [1.29, 1.82) is 0 Å². The van der Waals surface area contributed by atoms with Gasteiger partial charge in [-0.15, -0.1) is 0 Å². The Kier molecular flexibility index (Phi) is 4.72. The summed E-state index contributed by atoms with van der Waals surface area (Å²) in [6, 6.07) is 3.63. The zero-order valence-corrected chi connectivity index (χ0v) is 15.8. The number of amides is 2. The molecule has 1 aliphatic carbocycles. The number of hydrogen-bond acceptors (Lipinski definition) is 5. The molecule has 1 aliphatic heterocycles. The molecular formula is C19H25N5O3. The zero-order valence-electron chi connectivity index (χ0n) is 15.8. The molecule has 2 aliphatic rings. The van der Waals surface area contributed by atoms with Gasteiger partial charge in [0.1, 0.15) is 5.76 Å². The first kappa shape index (κ1) is 17.8. The molecule has 8 heteroatoms. The molecule has 0 saturated heterocycles. The lowest BCUT2D eigenvalue weighted by Crippen LogP contribution is -2.43. The minimum Gasteiger partial charge on any atom is -0.360 e. The SMILES string of the molecule is CC(C)c1cc(C(=O)NCc2cc3n(n2)CCN(C(=O)C2CCC2)C3)no1. The monoisotopic (exact) mass is 371 g/mol. The van der Waals surface area contributed by atoms with Gasteiger partial charge in [0.05, 0.1) is 31.0 Å². The van der Waals surface area contributed by atoms with Gasteiger partial charge in [0.25, 0.3) is 5.91 Å². The van der Waals surface area contributed by atoms with E-state index in [4.69, 9.17) is 4.52 Å². The quantitative estimate of drug-likeness (QED) is 0.868.